The van der Waals surface area contributed by atoms with Gasteiger partial charge in [0.15, 0.2) is 27.8 Å². The van der Waals surface area contributed by atoms with Crippen molar-refractivity contribution in [3.05, 3.63) is 160 Å². The lowest BCUT2D eigenvalue weighted by Gasteiger charge is -2.42. The fourth-order valence-corrected chi connectivity index (χ4v) is 13.8. The lowest BCUT2D eigenvalue weighted by Crippen LogP contribution is -2.45. The lowest BCUT2D eigenvalue weighted by atomic mass is 9.79. The number of hydrogen-bond donors (Lipinski definition) is 7. The third-order valence-electron chi connectivity index (χ3n) is 16.0. The van der Waals surface area contributed by atoms with E-state index >= 15 is 0 Å². The van der Waals surface area contributed by atoms with Crippen LogP contribution >= 0.6 is 48.3 Å². The first-order valence-corrected chi connectivity index (χ1v) is 32.0. The molecule has 7 aromatic rings. The van der Waals surface area contributed by atoms with Gasteiger partial charge in [-0.05, 0) is 139 Å². The number of amides is 1. The standard InChI is InChI=1S/C65H76ClN9O5S4/c1-9-11-24-59-70-62(66)54(75(59)40-42-26-28-43(29-27-42)46-20-17-18-21-49(46)63(67)71-72-68)39-69-60(76)25-16-13-19-34-74(52-32-30-47-50(41(52)3)35-44(82-77)36-55(47)81)57(64(4,5)6)22-14-12-15-23-58-65(7,8)61-51-37-45(84(79)80)38-56(83-78)48(51)31-33-53(61)73(58)10-2/h12,14-15,17-18,20-21,23,26-33,35-38,57H,9-11,13,16,19,22,24-25,34,39-40H2,1-8H3,(H7-,67,68,69,71,76,77,78,79,80,81)/p+1/b14-12+,23-15+. The minimum atomic E-state index is -2.22. The number of aromatic nitrogens is 2. The number of nitrogens with one attached hydrogen (secondary N) is 2. The third kappa shape index (κ3) is 14.2. The molecule has 1 amide bonds. The number of nitrogens with two attached hydrogens (primary N) is 1. The Bertz CT molecular complexity index is 3720. The van der Waals surface area contributed by atoms with Crippen LogP contribution in [0.25, 0.3) is 32.7 Å². The Labute approximate surface area is 515 Å². The summed E-state index contributed by atoms with van der Waals surface area (Å²) in [5, 5.41) is 22.7. The van der Waals surface area contributed by atoms with E-state index < -0.39 is 16.5 Å². The molecule has 1 aliphatic rings. The second-order valence-electron chi connectivity index (χ2n) is 22.9. The van der Waals surface area contributed by atoms with Crippen molar-refractivity contribution in [3.8, 4) is 11.1 Å². The van der Waals surface area contributed by atoms with Crippen molar-refractivity contribution < 1.29 is 27.2 Å². The first-order valence-electron chi connectivity index (χ1n) is 28.5. The smallest absolute Gasteiger partial charge is 0.220 e. The second kappa shape index (κ2) is 28.4. The Balaban J connectivity index is 0.970. The number of allylic oxidation sites excluding steroid dienone is 3. The van der Waals surface area contributed by atoms with E-state index in [4.69, 9.17) is 40.5 Å². The molecule has 0 saturated carbocycles. The zero-order valence-corrected chi connectivity index (χ0v) is 53.2. The van der Waals surface area contributed by atoms with Gasteiger partial charge in [-0.25, -0.2) is 9.19 Å². The van der Waals surface area contributed by atoms with Gasteiger partial charge in [0.05, 0.1) is 22.5 Å². The molecule has 0 spiro atoms. The van der Waals surface area contributed by atoms with Crippen molar-refractivity contribution in [3.63, 3.8) is 0 Å². The summed E-state index contributed by atoms with van der Waals surface area (Å²) in [6.45, 7) is 19.9. The number of imidazole rings is 1. The van der Waals surface area contributed by atoms with Gasteiger partial charge in [0.1, 0.15) is 12.4 Å². The van der Waals surface area contributed by atoms with Gasteiger partial charge < -0.3 is 34.3 Å². The molecule has 0 saturated heterocycles. The number of hydrogen-bond acceptors (Lipinski definition) is 11. The third-order valence-corrected chi connectivity index (χ3v) is 18.3. The maximum atomic E-state index is 13.7. The summed E-state index contributed by atoms with van der Waals surface area (Å²) in [5.41, 5.74) is 8.98. The molecule has 14 nitrogen and oxygen atoms in total. The van der Waals surface area contributed by atoms with E-state index in [0.29, 0.717) is 47.0 Å². The van der Waals surface area contributed by atoms with Gasteiger partial charge in [-0.3, -0.25) is 10.2 Å². The summed E-state index contributed by atoms with van der Waals surface area (Å²) in [5.74, 6) is 6.07. The lowest BCUT2D eigenvalue weighted by molar-refractivity contribution is -0.433. The maximum absolute atomic E-state index is 13.7. The first-order chi connectivity index (χ1) is 40.2. The summed E-state index contributed by atoms with van der Waals surface area (Å²) in [6, 6.07) is 31.5. The highest BCUT2D eigenvalue weighted by Gasteiger charge is 2.45. The number of carbonyl (C=O) groups excluding carboxylic acids is 1. The van der Waals surface area contributed by atoms with Crippen LogP contribution in [-0.2, 0) is 40.8 Å². The Morgan fingerprint density at radius 2 is 1.71 bits per heavy atom. The Kier molecular flexibility index (Phi) is 21.6. The zero-order chi connectivity index (χ0) is 60.5. The van der Waals surface area contributed by atoms with Crippen LogP contribution in [0.15, 0.2) is 151 Å². The van der Waals surface area contributed by atoms with E-state index in [9.17, 15) is 22.7 Å². The summed E-state index contributed by atoms with van der Waals surface area (Å²) in [4.78, 5) is 23.3. The number of anilines is 1. The van der Waals surface area contributed by atoms with E-state index in [1.807, 2.05) is 54.6 Å². The van der Waals surface area contributed by atoms with Gasteiger partial charge in [0.25, 0.3) is 0 Å². The molecule has 19 heteroatoms. The van der Waals surface area contributed by atoms with Crippen LogP contribution in [0.3, 0.4) is 0 Å². The predicted octanol–water partition coefficient (Wildman–Crippen LogP) is 16.6. The molecule has 6 aromatic carbocycles. The second-order valence-corrected chi connectivity index (χ2v) is 25.9. The highest BCUT2D eigenvalue weighted by atomic mass is 35.5. The molecule has 0 bridgehead atoms. The van der Waals surface area contributed by atoms with Crippen LogP contribution in [0.4, 0.5) is 11.4 Å². The van der Waals surface area contributed by atoms with Gasteiger partial charge in [-0.1, -0.05) is 130 Å². The number of thiol groups is 1. The van der Waals surface area contributed by atoms with Crippen molar-refractivity contribution in [1.82, 2.24) is 14.9 Å². The summed E-state index contributed by atoms with van der Waals surface area (Å²) in [7, 11) is 0. The van der Waals surface area contributed by atoms with Crippen LogP contribution in [0.1, 0.15) is 127 Å². The molecule has 2 unspecified atom stereocenters. The minimum absolute atomic E-state index is 0.0179. The highest BCUT2D eigenvalue weighted by molar-refractivity contribution is 7.94. The number of carbonyl (C=O) groups is 1. The Morgan fingerprint density at radius 3 is 2.40 bits per heavy atom. The minimum Gasteiger partial charge on any atom is -0.367 e. The SMILES string of the molecule is CCCCc1nc(Cl)c(CNC(=O)CCCCCN(c2ccc3c(S)cc(SO)cc3c2C)C(C/C=C/C=C/C2=[N+](CC)c3ccc4c(SO)cc(S(=O)O)cc4c3C2(C)C)C(C)(C)C)n1Cc1ccc(-c2ccccc2C(=N)N=NN)cc1. The number of nitrogens with zero attached hydrogens (tertiary/aromatic N) is 6. The van der Waals surface area contributed by atoms with Gasteiger partial charge >= 0.3 is 0 Å². The van der Waals surface area contributed by atoms with E-state index in [1.165, 1.54) is 0 Å². The topological polar surface area (TPSA) is 206 Å². The van der Waals surface area contributed by atoms with Crippen molar-refractivity contribution in [2.45, 2.75) is 151 Å². The number of aryl methyl sites for hydroxylation is 2. The number of amidine groups is 1. The molecular weight excluding hydrogens is 1150 g/mol. The van der Waals surface area contributed by atoms with Crippen molar-refractivity contribution in [2.24, 2.45) is 21.6 Å². The molecule has 1 aliphatic heterocycles. The van der Waals surface area contributed by atoms with Crippen molar-refractivity contribution in [2.75, 3.05) is 18.0 Å². The molecule has 0 radical (unpaired) electrons. The zero-order valence-electron chi connectivity index (χ0n) is 49.1. The largest absolute Gasteiger partial charge is 0.367 e. The fourth-order valence-electron chi connectivity index (χ4n) is 11.8. The molecule has 84 heavy (non-hydrogen) atoms. The number of halogens is 1. The molecule has 0 fully saturated rings. The molecule has 2 atom stereocenters. The van der Waals surface area contributed by atoms with E-state index in [2.05, 4.69) is 140 Å². The van der Waals surface area contributed by atoms with Crippen molar-refractivity contribution >= 4 is 110 Å². The average molecular weight is 1230 g/mol. The van der Waals surface area contributed by atoms with E-state index in [1.54, 1.807) is 12.1 Å². The van der Waals surface area contributed by atoms with Crippen LogP contribution < -0.4 is 16.1 Å². The van der Waals surface area contributed by atoms with E-state index in [-0.39, 0.29) is 34.6 Å². The van der Waals surface area contributed by atoms with Crippen LogP contribution in [-0.4, -0.2) is 68.6 Å². The molecule has 8 rings (SSSR count). The van der Waals surface area contributed by atoms with Crippen molar-refractivity contribution in [1.29, 1.82) is 5.41 Å². The summed E-state index contributed by atoms with van der Waals surface area (Å²) >= 11 is 10.8. The summed E-state index contributed by atoms with van der Waals surface area (Å²) in [6.07, 6.45) is 14.8. The quantitative estimate of drug-likeness (QED) is 0.00246. The molecule has 7 N–H and O–H groups in total. The summed E-state index contributed by atoms with van der Waals surface area (Å²) < 4.78 is 47.2. The molecule has 0 aliphatic carbocycles. The number of fused-ring (bicyclic) bond motifs is 4. The normalized spacial score (nSPS) is 14.2. The predicted molar refractivity (Wildman–Crippen MR) is 351 cm³/mol. The van der Waals surface area contributed by atoms with Gasteiger partial charge in [0, 0.05) is 99.7 Å². The molecule has 2 heterocycles. The first kappa shape index (κ1) is 63.9. The van der Waals surface area contributed by atoms with Crippen LogP contribution in [0.2, 0.25) is 5.15 Å². The maximum Gasteiger partial charge on any atom is 0.220 e. The number of unbranched alkanes of at least 4 members (excludes halogenated alkanes) is 3. The van der Waals surface area contributed by atoms with Crippen LogP contribution in [0, 0.1) is 17.7 Å². The van der Waals surface area contributed by atoms with Gasteiger partial charge in [0.2, 0.25) is 11.6 Å². The fraction of sp³-hybridized carbons (Fsp3) is 0.354. The molecule has 442 valence electrons. The number of rotatable bonds is 25. The molecule has 1 aromatic heterocycles. The average Bonchev–Trinajstić information content (AvgIpc) is 1.61. The molecular formula is C65H77ClN9O5S4+. The van der Waals surface area contributed by atoms with E-state index in [0.717, 1.165) is 151 Å². The van der Waals surface area contributed by atoms with Gasteiger partial charge in [-0.15, -0.1) is 17.7 Å². The van der Waals surface area contributed by atoms with Gasteiger partial charge in [-0.2, -0.15) is 4.58 Å². The Morgan fingerprint density at radius 1 is 0.964 bits per heavy atom. The number of benzene rings is 6. The monoisotopic (exact) mass is 1230 g/mol. The Hall–Kier alpha value is -6.09. The van der Waals surface area contributed by atoms with Crippen LogP contribution in [0.5, 0.6) is 0 Å². The highest BCUT2D eigenvalue weighted by Crippen LogP contribution is 2.47.